The van der Waals surface area contributed by atoms with Crippen LogP contribution >= 0.6 is 11.8 Å². The minimum absolute atomic E-state index is 0.122. The lowest BCUT2D eigenvalue weighted by Gasteiger charge is -2.32. The van der Waals surface area contributed by atoms with Gasteiger partial charge in [-0.05, 0) is 13.8 Å². The van der Waals surface area contributed by atoms with Gasteiger partial charge in [-0.1, -0.05) is 6.92 Å². The second-order valence-corrected chi connectivity index (χ2v) is 4.62. The third-order valence-electron chi connectivity index (χ3n) is 1.42. The van der Waals surface area contributed by atoms with Gasteiger partial charge in [0, 0.05) is 11.0 Å². The maximum absolute atomic E-state index is 5.56. The van der Waals surface area contributed by atoms with Crippen LogP contribution in [0.15, 0.2) is 0 Å². The van der Waals surface area contributed by atoms with Crippen molar-refractivity contribution in [3.63, 3.8) is 0 Å². The smallest absolute Gasteiger partial charge is 0.0717 e. The first-order valence-corrected chi connectivity index (χ1v) is 4.41. The van der Waals surface area contributed by atoms with E-state index in [-0.39, 0.29) is 5.60 Å². The molecular formula is C7H14OS. The maximum Gasteiger partial charge on any atom is 0.0717 e. The summed E-state index contributed by atoms with van der Waals surface area (Å²) in [6.45, 7) is 7.41. The van der Waals surface area contributed by atoms with Crippen LogP contribution < -0.4 is 0 Å². The molecule has 1 saturated heterocycles. The molecule has 54 valence electrons. The molecule has 0 radical (unpaired) electrons. The van der Waals surface area contributed by atoms with E-state index in [0.29, 0.717) is 5.25 Å². The molecule has 0 aromatic rings. The van der Waals surface area contributed by atoms with E-state index in [0.717, 1.165) is 12.4 Å². The zero-order valence-electron chi connectivity index (χ0n) is 6.31. The lowest BCUT2D eigenvalue weighted by molar-refractivity contribution is -0.00355. The fraction of sp³-hybridized carbons (Fsp3) is 1.00. The van der Waals surface area contributed by atoms with Crippen LogP contribution in [0.5, 0.6) is 0 Å². The summed E-state index contributed by atoms with van der Waals surface area (Å²) in [4.78, 5) is 0. The molecule has 1 aliphatic heterocycles. The highest BCUT2D eigenvalue weighted by atomic mass is 32.2. The number of hydrogen-bond donors (Lipinski definition) is 0. The lowest BCUT2D eigenvalue weighted by atomic mass is 10.2. The van der Waals surface area contributed by atoms with Crippen LogP contribution in [0.4, 0.5) is 0 Å². The highest BCUT2D eigenvalue weighted by molar-refractivity contribution is 8.00. The van der Waals surface area contributed by atoms with Gasteiger partial charge in [-0.3, -0.25) is 0 Å². The number of rotatable bonds is 0. The molecule has 0 aromatic heterocycles. The van der Waals surface area contributed by atoms with Crippen LogP contribution in [0, 0.1) is 0 Å². The quantitative estimate of drug-likeness (QED) is 0.516. The summed E-state index contributed by atoms with van der Waals surface area (Å²) in [5, 5.41) is 0.693. The van der Waals surface area contributed by atoms with Crippen molar-refractivity contribution < 1.29 is 4.74 Å². The third-order valence-corrected chi connectivity index (χ3v) is 2.99. The van der Waals surface area contributed by atoms with E-state index in [2.05, 4.69) is 20.8 Å². The van der Waals surface area contributed by atoms with Crippen LogP contribution in [0.1, 0.15) is 20.8 Å². The first-order chi connectivity index (χ1) is 4.10. The molecule has 9 heavy (non-hydrogen) atoms. The maximum atomic E-state index is 5.56. The number of hydrogen-bond acceptors (Lipinski definition) is 2. The average Bonchev–Trinajstić information content (AvgIpc) is 1.78. The van der Waals surface area contributed by atoms with Gasteiger partial charge in [0.15, 0.2) is 0 Å². The summed E-state index contributed by atoms with van der Waals surface area (Å²) < 4.78 is 5.56. The molecule has 1 nitrogen and oxygen atoms in total. The molecule has 1 aliphatic rings. The Balaban J connectivity index is 2.35. The topological polar surface area (TPSA) is 9.23 Å². The van der Waals surface area contributed by atoms with E-state index < -0.39 is 0 Å². The van der Waals surface area contributed by atoms with Crippen molar-refractivity contribution in [2.45, 2.75) is 31.6 Å². The van der Waals surface area contributed by atoms with Gasteiger partial charge in [-0.2, -0.15) is 11.8 Å². The van der Waals surface area contributed by atoms with Crippen molar-refractivity contribution in [1.29, 1.82) is 0 Å². The molecule has 0 N–H and O–H groups in total. The van der Waals surface area contributed by atoms with Crippen molar-refractivity contribution in [3.05, 3.63) is 0 Å². The van der Waals surface area contributed by atoms with Gasteiger partial charge in [0.05, 0.1) is 12.2 Å². The molecule has 1 fully saturated rings. The molecule has 1 heterocycles. The monoisotopic (exact) mass is 146 g/mol. The molecule has 0 unspecified atom stereocenters. The Hall–Kier alpha value is 0.310. The second kappa shape index (κ2) is 2.51. The fourth-order valence-electron chi connectivity index (χ4n) is 0.776. The Morgan fingerprint density at radius 1 is 1.56 bits per heavy atom. The van der Waals surface area contributed by atoms with Gasteiger partial charge in [0.2, 0.25) is 0 Å². The fourth-order valence-corrected chi connectivity index (χ4v) is 1.71. The highest BCUT2D eigenvalue weighted by Crippen LogP contribution is 2.26. The molecule has 0 aromatic carbocycles. The Bertz CT molecular complexity index is 91.1. The summed E-state index contributed by atoms with van der Waals surface area (Å²) in [6, 6.07) is 0. The SMILES string of the molecule is C[C@H]1COC(C)(C)CS1. The minimum atomic E-state index is 0.122. The van der Waals surface area contributed by atoms with Crippen molar-refractivity contribution >= 4 is 11.8 Å². The molecule has 0 saturated carbocycles. The molecule has 0 aliphatic carbocycles. The van der Waals surface area contributed by atoms with Gasteiger partial charge in [0.1, 0.15) is 0 Å². The number of ether oxygens (including phenoxy) is 1. The minimum Gasteiger partial charge on any atom is -0.374 e. The molecule has 0 bridgehead atoms. The van der Waals surface area contributed by atoms with E-state index in [1.165, 1.54) is 0 Å². The van der Waals surface area contributed by atoms with Crippen molar-refractivity contribution in [2.24, 2.45) is 0 Å². The number of thioether (sulfide) groups is 1. The molecule has 1 atom stereocenters. The summed E-state index contributed by atoms with van der Waals surface area (Å²) in [6.07, 6.45) is 0. The van der Waals surface area contributed by atoms with Crippen molar-refractivity contribution in [3.8, 4) is 0 Å². The van der Waals surface area contributed by atoms with Crippen LogP contribution in [0.3, 0.4) is 0 Å². The zero-order valence-corrected chi connectivity index (χ0v) is 7.12. The van der Waals surface area contributed by atoms with Crippen molar-refractivity contribution in [2.75, 3.05) is 12.4 Å². The summed E-state index contributed by atoms with van der Waals surface area (Å²) in [5.74, 6) is 1.13. The van der Waals surface area contributed by atoms with E-state index in [1.807, 2.05) is 11.8 Å². The summed E-state index contributed by atoms with van der Waals surface area (Å²) >= 11 is 2.00. The molecule has 0 amide bonds. The van der Waals surface area contributed by atoms with Gasteiger partial charge >= 0.3 is 0 Å². The van der Waals surface area contributed by atoms with Gasteiger partial charge in [0.25, 0.3) is 0 Å². The van der Waals surface area contributed by atoms with E-state index >= 15 is 0 Å². The highest BCUT2D eigenvalue weighted by Gasteiger charge is 2.25. The van der Waals surface area contributed by atoms with Gasteiger partial charge < -0.3 is 4.74 Å². The third kappa shape index (κ3) is 2.18. The first-order valence-electron chi connectivity index (χ1n) is 3.36. The molecular weight excluding hydrogens is 132 g/mol. The largest absolute Gasteiger partial charge is 0.374 e. The van der Waals surface area contributed by atoms with E-state index in [9.17, 15) is 0 Å². The predicted octanol–water partition coefficient (Wildman–Crippen LogP) is 1.92. The Labute approximate surface area is 61.2 Å². The Morgan fingerprint density at radius 2 is 2.22 bits per heavy atom. The second-order valence-electron chi connectivity index (χ2n) is 3.19. The lowest BCUT2D eigenvalue weighted by Crippen LogP contribution is -2.35. The van der Waals surface area contributed by atoms with Gasteiger partial charge in [-0.15, -0.1) is 0 Å². The zero-order chi connectivity index (χ0) is 6.91. The van der Waals surface area contributed by atoms with Crippen LogP contribution in [0.2, 0.25) is 0 Å². The summed E-state index contributed by atoms with van der Waals surface area (Å²) in [5.41, 5.74) is 0.122. The standard InChI is InChI=1S/C7H14OS/c1-6-4-8-7(2,3)5-9-6/h6H,4-5H2,1-3H3/t6-/m0/s1. The average molecular weight is 146 g/mol. The Morgan fingerprint density at radius 3 is 2.56 bits per heavy atom. The van der Waals surface area contributed by atoms with Gasteiger partial charge in [-0.25, -0.2) is 0 Å². The molecule has 1 rings (SSSR count). The molecule has 0 spiro atoms. The van der Waals surface area contributed by atoms with Crippen LogP contribution in [-0.2, 0) is 4.74 Å². The van der Waals surface area contributed by atoms with E-state index in [1.54, 1.807) is 0 Å². The first kappa shape index (κ1) is 7.42. The Kier molecular flexibility index (Phi) is 2.07. The van der Waals surface area contributed by atoms with E-state index in [4.69, 9.17) is 4.74 Å². The normalized spacial score (nSPS) is 34.3. The summed E-state index contributed by atoms with van der Waals surface area (Å²) in [7, 11) is 0. The van der Waals surface area contributed by atoms with Crippen LogP contribution in [-0.4, -0.2) is 23.2 Å². The van der Waals surface area contributed by atoms with Crippen LogP contribution in [0.25, 0.3) is 0 Å². The predicted molar refractivity (Wildman–Crippen MR) is 42.0 cm³/mol. The molecule has 2 heteroatoms. The van der Waals surface area contributed by atoms with Crippen molar-refractivity contribution in [1.82, 2.24) is 0 Å².